The maximum Gasteiger partial charge on any atom is 0.527 e. The number of benzene rings is 2. The maximum atomic E-state index is 13.1. The fourth-order valence-corrected chi connectivity index (χ4v) is 8.44. The lowest BCUT2D eigenvalue weighted by atomic mass is 10.0. The fourth-order valence-electron chi connectivity index (χ4n) is 7.65. The highest BCUT2D eigenvalue weighted by molar-refractivity contribution is 7.47. The minimum absolute atomic E-state index is 0.0751. The first-order valence-electron chi connectivity index (χ1n) is 24.4. The Balaban J connectivity index is 1.45. The highest BCUT2D eigenvalue weighted by Gasteiger charge is 2.28. The van der Waals surface area contributed by atoms with E-state index in [2.05, 4.69) is 13.8 Å². The van der Waals surface area contributed by atoms with Gasteiger partial charge in [0, 0.05) is 24.3 Å². The predicted octanol–water partition coefficient (Wildman–Crippen LogP) is 14.4. The molecule has 0 bridgehead atoms. The zero-order valence-electron chi connectivity index (χ0n) is 38.9. The molecule has 0 aliphatic carbocycles. The van der Waals surface area contributed by atoms with Gasteiger partial charge in [-0.05, 0) is 48.7 Å². The third-order valence-corrected chi connectivity index (χ3v) is 12.4. The first kappa shape index (κ1) is 53.7. The molecule has 2 atom stereocenters. The summed E-state index contributed by atoms with van der Waals surface area (Å²) in [4.78, 5) is 49.1. The zero-order chi connectivity index (χ0) is 45.4. The lowest BCUT2D eigenvalue weighted by Gasteiger charge is -2.20. The van der Waals surface area contributed by atoms with Crippen LogP contribution in [0.4, 0.5) is 0 Å². The highest BCUT2D eigenvalue weighted by atomic mass is 31.2. The second kappa shape index (κ2) is 32.9. The number of phosphoric acid groups is 1. The summed E-state index contributed by atoms with van der Waals surface area (Å²) in [7, 11) is -3.21. The van der Waals surface area contributed by atoms with Crippen LogP contribution in [-0.4, -0.2) is 43.3 Å². The van der Waals surface area contributed by atoms with Gasteiger partial charge in [0.05, 0.1) is 12.7 Å². The molecular formula is C51H79O11P. The molecule has 0 fully saturated rings. The van der Waals surface area contributed by atoms with Crippen molar-refractivity contribution in [3.8, 4) is 22.6 Å². The summed E-state index contributed by atoms with van der Waals surface area (Å²) in [5.74, 6) is -0.343. The molecule has 3 aromatic rings. The molecule has 1 aromatic heterocycles. The number of fused-ring (bicyclic) bond motifs is 1. The molecule has 2 aromatic carbocycles. The molecule has 0 radical (unpaired) electrons. The molecule has 2 unspecified atom stereocenters. The van der Waals surface area contributed by atoms with E-state index in [1.165, 1.54) is 128 Å². The summed E-state index contributed by atoms with van der Waals surface area (Å²) in [6, 6.07) is 13.0. The first-order chi connectivity index (χ1) is 30.6. The van der Waals surface area contributed by atoms with Crippen LogP contribution in [0.15, 0.2) is 57.7 Å². The summed E-state index contributed by atoms with van der Waals surface area (Å²) in [5.41, 5.74) is 0.532. The molecular weight excluding hydrogens is 820 g/mol. The number of hydrogen-bond donors (Lipinski definition) is 1. The number of methoxy groups -OCH3 is 1. The van der Waals surface area contributed by atoms with Crippen molar-refractivity contribution < 1.29 is 46.7 Å². The van der Waals surface area contributed by atoms with E-state index in [0.29, 0.717) is 35.1 Å². The van der Waals surface area contributed by atoms with Crippen molar-refractivity contribution in [2.24, 2.45) is 0 Å². The van der Waals surface area contributed by atoms with Gasteiger partial charge in [0.2, 0.25) is 0 Å². The summed E-state index contributed by atoms with van der Waals surface area (Å²) < 4.78 is 45.6. The van der Waals surface area contributed by atoms with Gasteiger partial charge in [-0.2, -0.15) is 0 Å². The molecule has 0 amide bonds. The Morgan fingerprint density at radius 1 is 0.603 bits per heavy atom. The largest absolute Gasteiger partial charge is 0.527 e. The lowest BCUT2D eigenvalue weighted by molar-refractivity contribution is -0.161. The first-order valence-corrected chi connectivity index (χ1v) is 25.9. The van der Waals surface area contributed by atoms with E-state index in [4.69, 9.17) is 27.7 Å². The van der Waals surface area contributed by atoms with Crippen molar-refractivity contribution in [3.05, 3.63) is 59.0 Å². The van der Waals surface area contributed by atoms with Crippen LogP contribution in [0, 0.1) is 0 Å². The molecule has 12 heteroatoms. The van der Waals surface area contributed by atoms with E-state index in [1.54, 1.807) is 43.5 Å². The van der Waals surface area contributed by atoms with Gasteiger partial charge in [-0.25, -0.2) is 9.36 Å². The average Bonchev–Trinajstić information content (AvgIpc) is 3.27. The maximum absolute atomic E-state index is 13.1. The molecule has 1 heterocycles. The van der Waals surface area contributed by atoms with E-state index in [9.17, 15) is 23.8 Å². The minimum atomic E-state index is -4.77. The van der Waals surface area contributed by atoms with Crippen LogP contribution in [0.3, 0.4) is 0 Å². The monoisotopic (exact) mass is 899 g/mol. The lowest BCUT2D eigenvalue weighted by Crippen LogP contribution is -2.29. The van der Waals surface area contributed by atoms with Gasteiger partial charge in [-0.3, -0.25) is 19.0 Å². The Hall–Kier alpha value is -3.66. The number of carbonyl (C=O) groups is 2. The van der Waals surface area contributed by atoms with E-state index in [1.807, 2.05) is 0 Å². The Labute approximate surface area is 378 Å². The molecule has 0 saturated heterocycles. The number of carbonyl (C=O) groups excluding carboxylic acids is 2. The van der Waals surface area contributed by atoms with E-state index < -0.39 is 38.1 Å². The van der Waals surface area contributed by atoms with Crippen LogP contribution >= 0.6 is 7.82 Å². The second-order valence-corrected chi connectivity index (χ2v) is 18.4. The van der Waals surface area contributed by atoms with E-state index in [0.717, 1.165) is 38.5 Å². The smallest absolute Gasteiger partial charge is 0.497 e. The SMILES string of the molecule is CCCCCCCCCCCCCCCC(=O)OCC(COP(=O)(O)Oc1ccc2cc(-c3ccc(OC)cc3)c(=O)oc2c1)OC(=O)CCCCCCCCCCCCCCC. The Morgan fingerprint density at radius 3 is 1.56 bits per heavy atom. The van der Waals surface area contributed by atoms with Crippen molar-refractivity contribution in [2.45, 2.75) is 200 Å². The highest BCUT2D eigenvalue weighted by Crippen LogP contribution is 2.44. The predicted molar refractivity (Wildman–Crippen MR) is 252 cm³/mol. The number of hydrogen-bond acceptors (Lipinski definition) is 10. The third kappa shape index (κ3) is 24.3. The molecule has 0 spiro atoms. The molecule has 63 heavy (non-hydrogen) atoms. The topological polar surface area (TPSA) is 148 Å². The van der Waals surface area contributed by atoms with Crippen molar-refractivity contribution >= 4 is 30.7 Å². The minimum Gasteiger partial charge on any atom is -0.497 e. The Kier molecular flexibility index (Phi) is 28.0. The summed E-state index contributed by atoms with van der Waals surface area (Å²) >= 11 is 0. The van der Waals surface area contributed by atoms with Gasteiger partial charge in [-0.15, -0.1) is 0 Å². The quantitative estimate of drug-likeness (QED) is 0.0253. The molecule has 0 saturated carbocycles. The van der Waals surface area contributed by atoms with Gasteiger partial charge in [0.1, 0.15) is 30.3 Å². The molecule has 354 valence electrons. The van der Waals surface area contributed by atoms with E-state index >= 15 is 0 Å². The number of ether oxygens (including phenoxy) is 3. The van der Waals surface area contributed by atoms with Crippen molar-refractivity contribution in [3.63, 3.8) is 0 Å². The van der Waals surface area contributed by atoms with Crippen molar-refractivity contribution in [1.82, 2.24) is 0 Å². The van der Waals surface area contributed by atoms with Crippen LogP contribution in [0.25, 0.3) is 22.1 Å². The number of unbranched alkanes of at least 4 members (excludes halogenated alkanes) is 24. The summed E-state index contributed by atoms with van der Waals surface area (Å²) in [6.45, 7) is 3.62. The number of rotatable bonds is 38. The van der Waals surface area contributed by atoms with Gasteiger partial charge in [-0.1, -0.05) is 180 Å². The van der Waals surface area contributed by atoms with Crippen LogP contribution in [-0.2, 0) is 28.2 Å². The Morgan fingerprint density at radius 2 is 1.06 bits per heavy atom. The van der Waals surface area contributed by atoms with Gasteiger partial charge in [0.25, 0.3) is 0 Å². The average molecular weight is 899 g/mol. The number of phosphoric ester groups is 1. The molecule has 0 aliphatic rings. The van der Waals surface area contributed by atoms with Gasteiger partial charge in [0.15, 0.2) is 6.10 Å². The van der Waals surface area contributed by atoms with Crippen molar-refractivity contribution in [1.29, 1.82) is 0 Å². The zero-order valence-corrected chi connectivity index (χ0v) is 39.8. The molecule has 11 nitrogen and oxygen atoms in total. The second-order valence-electron chi connectivity index (χ2n) is 17.0. The van der Waals surface area contributed by atoms with Gasteiger partial charge < -0.3 is 23.2 Å². The fraction of sp³-hybridized carbons (Fsp3) is 0.667. The standard InChI is InChI=1S/C51H79O11P/c1-4-6-8-10-12-14-16-18-20-22-24-26-28-30-49(52)58-40-46(60-50(53)31-29-27-25-23-21-19-17-15-13-11-9-7-5-2)41-59-63(55,56)62-45-37-34-43-38-47(51(54)61-48(43)39-45)42-32-35-44(57-3)36-33-42/h32-39,46H,4-31,40-41H2,1-3H3,(H,55,56). The van der Waals surface area contributed by atoms with Crippen LogP contribution in [0.1, 0.15) is 194 Å². The number of esters is 2. The third-order valence-electron chi connectivity index (χ3n) is 11.5. The van der Waals surface area contributed by atoms with Crippen LogP contribution in [0.5, 0.6) is 11.5 Å². The summed E-state index contributed by atoms with van der Waals surface area (Å²) in [5, 5.41) is 0.567. The molecule has 3 rings (SSSR count). The van der Waals surface area contributed by atoms with Crippen LogP contribution < -0.4 is 14.9 Å². The van der Waals surface area contributed by atoms with Crippen LogP contribution in [0.2, 0.25) is 0 Å². The molecule has 0 aliphatic heterocycles. The van der Waals surface area contributed by atoms with Crippen molar-refractivity contribution in [2.75, 3.05) is 20.3 Å². The van der Waals surface area contributed by atoms with E-state index in [-0.39, 0.29) is 30.8 Å². The Bertz CT molecular complexity index is 1790. The molecule has 1 N–H and O–H groups in total. The summed E-state index contributed by atoms with van der Waals surface area (Å²) in [6.07, 6.45) is 30.3. The normalized spacial score (nSPS) is 12.8. The van der Waals surface area contributed by atoms with Gasteiger partial charge >= 0.3 is 25.4 Å².